The van der Waals surface area contributed by atoms with Gasteiger partial charge < -0.3 is 20.1 Å². The SMILES string of the molecule is C=C(C)C(=O)O.CCCCC(O)COCCO. The molecule has 102 valence electrons. The lowest BCUT2D eigenvalue weighted by molar-refractivity contribution is -0.132. The largest absolute Gasteiger partial charge is 0.478 e. The zero-order valence-corrected chi connectivity index (χ0v) is 10.7. The molecule has 0 aliphatic carbocycles. The first-order chi connectivity index (χ1) is 7.95. The Labute approximate surface area is 103 Å². The Morgan fingerprint density at radius 1 is 1.47 bits per heavy atom. The van der Waals surface area contributed by atoms with E-state index in [1.165, 1.54) is 6.92 Å². The van der Waals surface area contributed by atoms with Crippen molar-refractivity contribution in [3.8, 4) is 0 Å². The molecule has 1 unspecified atom stereocenters. The van der Waals surface area contributed by atoms with Crippen LogP contribution in [0, 0.1) is 0 Å². The van der Waals surface area contributed by atoms with Crippen molar-refractivity contribution in [1.29, 1.82) is 0 Å². The van der Waals surface area contributed by atoms with Gasteiger partial charge >= 0.3 is 5.97 Å². The van der Waals surface area contributed by atoms with Crippen LogP contribution < -0.4 is 0 Å². The molecule has 0 aromatic rings. The summed E-state index contributed by atoms with van der Waals surface area (Å²) in [7, 11) is 0. The number of hydrogen-bond acceptors (Lipinski definition) is 4. The molecule has 0 aliphatic rings. The van der Waals surface area contributed by atoms with E-state index in [0.29, 0.717) is 13.2 Å². The number of aliphatic hydroxyl groups excluding tert-OH is 2. The summed E-state index contributed by atoms with van der Waals surface area (Å²) < 4.78 is 4.94. The molecule has 0 radical (unpaired) electrons. The van der Waals surface area contributed by atoms with Crippen LogP contribution in [0.2, 0.25) is 0 Å². The van der Waals surface area contributed by atoms with Gasteiger partial charge in [-0.3, -0.25) is 0 Å². The van der Waals surface area contributed by atoms with Crippen LogP contribution in [0.3, 0.4) is 0 Å². The van der Waals surface area contributed by atoms with Crippen molar-refractivity contribution in [1.82, 2.24) is 0 Å². The van der Waals surface area contributed by atoms with Crippen LogP contribution in [0.25, 0.3) is 0 Å². The van der Waals surface area contributed by atoms with Crippen molar-refractivity contribution in [2.45, 2.75) is 39.2 Å². The van der Waals surface area contributed by atoms with Gasteiger partial charge in [0, 0.05) is 5.57 Å². The molecule has 1 atom stereocenters. The number of rotatable bonds is 8. The number of aliphatic hydroxyl groups is 2. The molecule has 0 saturated carbocycles. The average molecular weight is 248 g/mol. The number of ether oxygens (including phenoxy) is 1. The topological polar surface area (TPSA) is 87.0 Å². The van der Waals surface area contributed by atoms with Crippen LogP contribution in [0.4, 0.5) is 0 Å². The van der Waals surface area contributed by atoms with Crippen molar-refractivity contribution in [2.75, 3.05) is 19.8 Å². The number of hydrogen-bond donors (Lipinski definition) is 3. The Kier molecular flexibility index (Phi) is 14.3. The van der Waals surface area contributed by atoms with E-state index in [4.69, 9.17) is 14.9 Å². The Morgan fingerprint density at radius 3 is 2.35 bits per heavy atom. The molecular weight excluding hydrogens is 224 g/mol. The highest BCUT2D eigenvalue weighted by molar-refractivity contribution is 5.84. The first-order valence-corrected chi connectivity index (χ1v) is 5.71. The van der Waals surface area contributed by atoms with Gasteiger partial charge in [0.1, 0.15) is 0 Å². The Balaban J connectivity index is 0. The molecule has 17 heavy (non-hydrogen) atoms. The van der Waals surface area contributed by atoms with Gasteiger partial charge in [-0.25, -0.2) is 4.79 Å². The maximum Gasteiger partial charge on any atom is 0.330 e. The second-order valence-electron chi connectivity index (χ2n) is 3.68. The van der Waals surface area contributed by atoms with Crippen LogP contribution in [0.1, 0.15) is 33.1 Å². The van der Waals surface area contributed by atoms with E-state index in [1.54, 1.807) is 0 Å². The summed E-state index contributed by atoms with van der Waals surface area (Å²) in [6, 6.07) is 0. The van der Waals surface area contributed by atoms with E-state index < -0.39 is 5.97 Å². The van der Waals surface area contributed by atoms with Crippen molar-refractivity contribution >= 4 is 5.97 Å². The van der Waals surface area contributed by atoms with E-state index in [-0.39, 0.29) is 18.3 Å². The highest BCUT2D eigenvalue weighted by atomic mass is 16.5. The molecule has 5 heteroatoms. The fraction of sp³-hybridized carbons (Fsp3) is 0.750. The molecule has 0 spiro atoms. The summed E-state index contributed by atoms with van der Waals surface area (Å²) >= 11 is 0. The normalized spacial score (nSPS) is 11.3. The molecule has 0 heterocycles. The minimum absolute atomic E-state index is 0.0283. The molecule has 0 saturated heterocycles. The van der Waals surface area contributed by atoms with Crippen LogP contribution in [0.15, 0.2) is 12.2 Å². The van der Waals surface area contributed by atoms with Crippen LogP contribution >= 0.6 is 0 Å². The maximum absolute atomic E-state index is 9.60. The van der Waals surface area contributed by atoms with Gasteiger partial charge in [-0.05, 0) is 13.3 Å². The fourth-order valence-electron chi connectivity index (χ4n) is 0.807. The average Bonchev–Trinajstić information content (AvgIpc) is 2.27. The highest BCUT2D eigenvalue weighted by Gasteiger charge is 2.01. The van der Waals surface area contributed by atoms with Gasteiger partial charge in [0.05, 0.1) is 25.9 Å². The first-order valence-electron chi connectivity index (χ1n) is 5.71. The molecule has 0 aromatic carbocycles. The van der Waals surface area contributed by atoms with Gasteiger partial charge in [0.25, 0.3) is 0 Å². The summed E-state index contributed by atoms with van der Waals surface area (Å²) in [6.45, 7) is 7.39. The third kappa shape index (κ3) is 17.7. The number of carboxylic acids is 1. The van der Waals surface area contributed by atoms with Crippen LogP contribution in [0.5, 0.6) is 0 Å². The predicted octanol–water partition coefficient (Wildman–Crippen LogP) is 1.19. The first kappa shape index (κ1) is 18.5. The minimum Gasteiger partial charge on any atom is -0.478 e. The zero-order chi connectivity index (χ0) is 13.7. The molecule has 3 N–H and O–H groups in total. The number of aliphatic carboxylic acids is 1. The molecule has 5 nitrogen and oxygen atoms in total. The number of carbonyl (C=O) groups is 1. The van der Waals surface area contributed by atoms with E-state index in [1.807, 2.05) is 0 Å². The van der Waals surface area contributed by atoms with Gasteiger partial charge in [0.15, 0.2) is 0 Å². The molecule has 0 aliphatic heterocycles. The minimum atomic E-state index is -0.935. The van der Waals surface area contributed by atoms with E-state index in [9.17, 15) is 9.90 Å². The number of unbranched alkanes of at least 4 members (excludes halogenated alkanes) is 1. The second-order valence-corrected chi connectivity index (χ2v) is 3.68. The van der Waals surface area contributed by atoms with Crippen LogP contribution in [-0.4, -0.2) is 47.2 Å². The zero-order valence-electron chi connectivity index (χ0n) is 10.7. The van der Waals surface area contributed by atoms with Crippen molar-refractivity contribution in [2.24, 2.45) is 0 Å². The van der Waals surface area contributed by atoms with Crippen molar-refractivity contribution in [3.05, 3.63) is 12.2 Å². The molecule has 0 aromatic heterocycles. The summed E-state index contributed by atoms with van der Waals surface area (Å²) in [5.41, 5.74) is 0.176. The Bertz CT molecular complexity index is 191. The lowest BCUT2D eigenvalue weighted by Crippen LogP contribution is -2.16. The fourth-order valence-corrected chi connectivity index (χ4v) is 0.807. The molecular formula is C12H24O5. The van der Waals surface area contributed by atoms with E-state index in [0.717, 1.165) is 19.3 Å². The summed E-state index contributed by atoms with van der Waals surface area (Å²) in [6.07, 6.45) is 2.56. The van der Waals surface area contributed by atoms with Gasteiger partial charge in [-0.1, -0.05) is 26.3 Å². The van der Waals surface area contributed by atoms with Crippen LogP contribution in [-0.2, 0) is 9.53 Å². The quantitative estimate of drug-likeness (QED) is 0.444. The van der Waals surface area contributed by atoms with Gasteiger partial charge in [-0.2, -0.15) is 0 Å². The smallest absolute Gasteiger partial charge is 0.330 e. The lowest BCUT2D eigenvalue weighted by atomic mass is 10.2. The number of carboxylic acid groups (broad SMARTS) is 1. The van der Waals surface area contributed by atoms with E-state index in [2.05, 4.69) is 13.5 Å². The van der Waals surface area contributed by atoms with Crippen molar-refractivity contribution in [3.63, 3.8) is 0 Å². The predicted molar refractivity (Wildman–Crippen MR) is 65.9 cm³/mol. The van der Waals surface area contributed by atoms with Crippen molar-refractivity contribution < 1.29 is 24.9 Å². The third-order valence-electron chi connectivity index (χ3n) is 1.80. The summed E-state index contributed by atoms with van der Waals surface area (Å²) in [4.78, 5) is 9.60. The standard InChI is InChI=1S/C8H18O3.C4H6O2/c1-2-3-4-8(10)7-11-6-5-9;1-3(2)4(5)6/h8-10H,2-7H2,1H3;1H2,2H3,(H,5,6). The Morgan fingerprint density at radius 2 is 2.00 bits per heavy atom. The Hall–Kier alpha value is -0.910. The molecule has 0 amide bonds. The van der Waals surface area contributed by atoms with Gasteiger partial charge in [-0.15, -0.1) is 0 Å². The molecule has 0 fully saturated rings. The second kappa shape index (κ2) is 13.2. The van der Waals surface area contributed by atoms with Gasteiger partial charge in [0.2, 0.25) is 0 Å². The summed E-state index contributed by atoms with van der Waals surface area (Å²) in [5.74, 6) is -0.935. The van der Waals surface area contributed by atoms with E-state index >= 15 is 0 Å². The summed E-state index contributed by atoms with van der Waals surface area (Å²) in [5, 5.41) is 25.4. The highest BCUT2D eigenvalue weighted by Crippen LogP contribution is 2.00. The lowest BCUT2D eigenvalue weighted by Gasteiger charge is -2.09. The monoisotopic (exact) mass is 248 g/mol. The third-order valence-corrected chi connectivity index (χ3v) is 1.80. The maximum atomic E-state index is 9.60. The molecule has 0 bridgehead atoms. The molecule has 0 rings (SSSR count).